The van der Waals surface area contributed by atoms with E-state index in [4.69, 9.17) is 14.7 Å². The predicted octanol–water partition coefficient (Wildman–Crippen LogP) is 2.29. The van der Waals surface area contributed by atoms with Gasteiger partial charge in [-0.15, -0.1) is 0 Å². The summed E-state index contributed by atoms with van der Waals surface area (Å²) in [7, 11) is -4.19. The standard InChI is InChI=1S/C22H26FNO7S/c1-14-12-16(23)5-4-15(14)13-30-17-6-8-18(9-7-17)32(28,29)19-10-11-31-21(2,3)22(19,26)20(25)24-27/h4-9,12,19,26-27H,10-11,13H2,1-3H3,(H,24,25). The molecular formula is C22H26FNO7S. The fourth-order valence-electron chi connectivity index (χ4n) is 3.88. The van der Waals surface area contributed by atoms with Crippen molar-refractivity contribution >= 4 is 15.7 Å². The molecule has 1 amide bonds. The first-order valence-corrected chi connectivity index (χ1v) is 11.5. The molecule has 3 N–H and O–H groups in total. The van der Waals surface area contributed by atoms with Crippen LogP contribution in [0.15, 0.2) is 47.4 Å². The van der Waals surface area contributed by atoms with Crippen LogP contribution < -0.4 is 10.2 Å². The van der Waals surface area contributed by atoms with Crippen molar-refractivity contribution in [1.29, 1.82) is 0 Å². The molecule has 1 aliphatic rings. The largest absolute Gasteiger partial charge is 0.489 e. The number of hydrogen-bond acceptors (Lipinski definition) is 7. The summed E-state index contributed by atoms with van der Waals surface area (Å²) in [4.78, 5) is 12.2. The van der Waals surface area contributed by atoms with Gasteiger partial charge in [-0.05, 0) is 74.7 Å². The summed E-state index contributed by atoms with van der Waals surface area (Å²) in [5.41, 5.74) is -1.21. The monoisotopic (exact) mass is 467 g/mol. The zero-order chi connectivity index (χ0) is 23.7. The normalized spacial score (nSPS) is 22.9. The van der Waals surface area contributed by atoms with Crippen molar-refractivity contribution in [2.45, 2.75) is 55.1 Å². The first-order chi connectivity index (χ1) is 14.9. The van der Waals surface area contributed by atoms with Crippen molar-refractivity contribution in [2.24, 2.45) is 0 Å². The Morgan fingerprint density at radius 1 is 1.25 bits per heavy atom. The van der Waals surface area contributed by atoms with E-state index in [0.29, 0.717) is 5.75 Å². The Morgan fingerprint density at radius 2 is 1.91 bits per heavy atom. The van der Waals surface area contributed by atoms with E-state index >= 15 is 0 Å². The van der Waals surface area contributed by atoms with Gasteiger partial charge < -0.3 is 14.6 Å². The Balaban J connectivity index is 1.84. The van der Waals surface area contributed by atoms with Gasteiger partial charge in [-0.2, -0.15) is 0 Å². The van der Waals surface area contributed by atoms with Crippen LogP contribution in [0.1, 0.15) is 31.4 Å². The second-order valence-electron chi connectivity index (χ2n) is 8.22. The SMILES string of the molecule is Cc1cc(F)ccc1COc1ccc(S(=O)(=O)C2CCOC(C)(C)C2(O)C(=O)NO)cc1. The third-order valence-electron chi connectivity index (χ3n) is 5.90. The van der Waals surface area contributed by atoms with Crippen LogP contribution in [0.4, 0.5) is 4.39 Å². The molecule has 32 heavy (non-hydrogen) atoms. The molecule has 1 fully saturated rings. The Kier molecular flexibility index (Phi) is 6.62. The van der Waals surface area contributed by atoms with Crippen molar-refractivity contribution in [3.05, 3.63) is 59.4 Å². The van der Waals surface area contributed by atoms with Crippen molar-refractivity contribution in [3.63, 3.8) is 0 Å². The van der Waals surface area contributed by atoms with Gasteiger partial charge >= 0.3 is 0 Å². The van der Waals surface area contributed by atoms with Gasteiger partial charge in [0, 0.05) is 6.61 Å². The van der Waals surface area contributed by atoms with Gasteiger partial charge in [0.05, 0.1) is 4.90 Å². The Morgan fingerprint density at radius 3 is 2.50 bits per heavy atom. The number of benzene rings is 2. The number of halogens is 1. The average Bonchev–Trinajstić information content (AvgIpc) is 2.74. The van der Waals surface area contributed by atoms with Crippen LogP contribution in [0.25, 0.3) is 0 Å². The number of hydrogen-bond donors (Lipinski definition) is 3. The number of hydroxylamine groups is 1. The zero-order valence-corrected chi connectivity index (χ0v) is 18.8. The molecule has 174 valence electrons. The van der Waals surface area contributed by atoms with E-state index in [-0.39, 0.29) is 30.3 Å². The molecule has 1 saturated heterocycles. The van der Waals surface area contributed by atoms with E-state index in [1.165, 1.54) is 55.7 Å². The lowest BCUT2D eigenvalue weighted by molar-refractivity contribution is -0.205. The molecule has 0 radical (unpaired) electrons. The second kappa shape index (κ2) is 8.78. The van der Waals surface area contributed by atoms with E-state index in [9.17, 15) is 22.7 Å². The Bertz CT molecular complexity index is 1100. The van der Waals surface area contributed by atoms with E-state index in [0.717, 1.165) is 11.1 Å². The van der Waals surface area contributed by atoms with Gasteiger partial charge in [0.15, 0.2) is 15.4 Å². The summed E-state index contributed by atoms with van der Waals surface area (Å²) in [6.07, 6.45) is -0.141. The van der Waals surface area contributed by atoms with Crippen LogP contribution in [0.5, 0.6) is 5.75 Å². The first kappa shape index (κ1) is 24.1. The van der Waals surface area contributed by atoms with Crippen LogP contribution >= 0.6 is 0 Å². The van der Waals surface area contributed by atoms with Crippen LogP contribution in [-0.2, 0) is 26.0 Å². The predicted molar refractivity (Wildman–Crippen MR) is 112 cm³/mol. The molecule has 0 spiro atoms. The van der Waals surface area contributed by atoms with E-state index in [1.807, 2.05) is 0 Å². The molecule has 3 rings (SSSR count). The van der Waals surface area contributed by atoms with Gasteiger partial charge in [-0.1, -0.05) is 6.07 Å². The lowest BCUT2D eigenvalue weighted by atomic mass is 9.79. The van der Waals surface area contributed by atoms with Crippen molar-refractivity contribution < 1.29 is 37.4 Å². The topological polar surface area (TPSA) is 122 Å². The molecule has 0 aliphatic carbocycles. The van der Waals surface area contributed by atoms with Crippen molar-refractivity contribution in [1.82, 2.24) is 5.48 Å². The molecule has 2 aromatic rings. The third kappa shape index (κ3) is 4.23. The zero-order valence-electron chi connectivity index (χ0n) is 18.0. The minimum Gasteiger partial charge on any atom is -0.489 e. The highest BCUT2D eigenvalue weighted by molar-refractivity contribution is 7.92. The van der Waals surface area contributed by atoms with Gasteiger partial charge in [0.25, 0.3) is 5.91 Å². The Labute approximate surface area is 185 Å². The quantitative estimate of drug-likeness (QED) is 0.440. The summed E-state index contributed by atoms with van der Waals surface area (Å²) in [5, 5.41) is 18.7. The summed E-state index contributed by atoms with van der Waals surface area (Å²) in [5.74, 6) is -1.21. The van der Waals surface area contributed by atoms with Gasteiger partial charge in [-0.3, -0.25) is 10.0 Å². The third-order valence-corrected chi connectivity index (χ3v) is 8.16. The van der Waals surface area contributed by atoms with Crippen LogP contribution in [0.2, 0.25) is 0 Å². The molecule has 1 aliphatic heterocycles. The molecule has 0 aromatic heterocycles. The van der Waals surface area contributed by atoms with Crippen LogP contribution in [0.3, 0.4) is 0 Å². The molecule has 2 unspecified atom stereocenters. The number of rotatable bonds is 6. The molecule has 10 heteroatoms. The highest BCUT2D eigenvalue weighted by Crippen LogP contribution is 2.41. The fourth-order valence-corrected chi connectivity index (χ4v) is 5.97. The number of carbonyl (C=O) groups is 1. The van der Waals surface area contributed by atoms with Crippen molar-refractivity contribution in [3.8, 4) is 5.75 Å². The molecule has 2 atom stereocenters. The molecule has 2 aromatic carbocycles. The lowest BCUT2D eigenvalue weighted by Gasteiger charge is -2.48. The van der Waals surface area contributed by atoms with E-state index < -0.39 is 32.2 Å². The number of sulfone groups is 1. The Hall–Kier alpha value is -2.53. The fraction of sp³-hybridized carbons (Fsp3) is 0.409. The van der Waals surface area contributed by atoms with Gasteiger partial charge in [0.1, 0.15) is 29.0 Å². The molecule has 0 saturated carbocycles. The highest BCUT2D eigenvalue weighted by Gasteiger charge is 2.62. The molecule has 1 heterocycles. The number of nitrogens with one attached hydrogen (secondary N) is 1. The summed E-state index contributed by atoms with van der Waals surface area (Å²) in [6, 6.07) is 9.91. The first-order valence-electron chi connectivity index (χ1n) is 9.96. The minimum atomic E-state index is -4.19. The maximum absolute atomic E-state index is 13.3. The van der Waals surface area contributed by atoms with Gasteiger partial charge in [-0.25, -0.2) is 18.3 Å². The summed E-state index contributed by atoms with van der Waals surface area (Å²) >= 11 is 0. The number of aryl methyl sites for hydroxylation is 1. The molecular weight excluding hydrogens is 441 g/mol. The average molecular weight is 468 g/mol. The van der Waals surface area contributed by atoms with Gasteiger partial charge in [0.2, 0.25) is 0 Å². The van der Waals surface area contributed by atoms with Crippen LogP contribution in [-0.4, -0.2) is 47.7 Å². The summed E-state index contributed by atoms with van der Waals surface area (Å²) < 4.78 is 51.0. The van der Waals surface area contributed by atoms with Crippen LogP contribution in [0, 0.1) is 12.7 Å². The molecule has 8 nitrogen and oxygen atoms in total. The van der Waals surface area contributed by atoms with Crippen molar-refractivity contribution in [2.75, 3.05) is 6.61 Å². The number of carbonyl (C=O) groups excluding carboxylic acids is 1. The molecule has 0 bridgehead atoms. The number of ether oxygens (including phenoxy) is 2. The van der Waals surface area contributed by atoms with E-state index in [2.05, 4.69) is 0 Å². The minimum absolute atomic E-state index is 0.0101. The highest BCUT2D eigenvalue weighted by atomic mass is 32.2. The van der Waals surface area contributed by atoms with E-state index in [1.54, 1.807) is 13.0 Å². The smallest absolute Gasteiger partial charge is 0.279 e. The maximum atomic E-state index is 13.3. The second-order valence-corrected chi connectivity index (χ2v) is 10.3. The number of amides is 1. The summed E-state index contributed by atoms with van der Waals surface area (Å²) in [6.45, 7) is 4.71. The maximum Gasteiger partial charge on any atom is 0.279 e. The lowest BCUT2D eigenvalue weighted by Crippen LogP contribution is -2.71. The number of aliphatic hydroxyl groups is 1.